The molecule has 0 saturated carbocycles. The molecule has 1 N–H and O–H groups in total. The van der Waals surface area contributed by atoms with Crippen LogP contribution in [0.5, 0.6) is 5.75 Å². The van der Waals surface area contributed by atoms with Crippen molar-refractivity contribution in [3.8, 4) is 5.75 Å². The highest BCUT2D eigenvalue weighted by atomic mass is 16.5. The number of hydrogen-bond donors (Lipinski definition) is 1. The van der Waals surface area contributed by atoms with Crippen molar-refractivity contribution in [1.29, 1.82) is 0 Å². The molecule has 1 saturated heterocycles. The first-order valence-corrected chi connectivity index (χ1v) is 7.87. The Morgan fingerprint density at radius 2 is 1.63 bits per heavy atom. The first-order valence-electron chi connectivity index (χ1n) is 7.87. The van der Waals surface area contributed by atoms with Crippen molar-refractivity contribution in [3.63, 3.8) is 0 Å². The van der Waals surface area contributed by atoms with Crippen LogP contribution >= 0.6 is 0 Å². The van der Waals surface area contributed by atoms with Gasteiger partial charge in [-0.1, -0.05) is 17.7 Å². The summed E-state index contributed by atoms with van der Waals surface area (Å²) in [5.74, 6) is 1.01. The number of quaternary nitrogens is 1. The van der Waals surface area contributed by atoms with E-state index in [2.05, 4.69) is 31.2 Å². The van der Waals surface area contributed by atoms with Gasteiger partial charge in [0.1, 0.15) is 5.75 Å². The predicted octanol–water partition coefficient (Wildman–Crippen LogP) is 2.61. The second-order valence-corrected chi connectivity index (χ2v) is 5.78. The van der Waals surface area contributed by atoms with Crippen LogP contribution in [0, 0.1) is 6.92 Å². The van der Waals surface area contributed by atoms with Crippen molar-refractivity contribution < 1.29 is 9.64 Å². The van der Waals surface area contributed by atoms with Gasteiger partial charge in [-0.15, -0.1) is 0 Å². The lowest BCUT2D eigenvalue weighted by molar-refractivity contribution is -0.887. The number of rotatable bonds is 8. The first kappa shape index (κ1) is 14.4. The monoisotopic (exact) mass is 262 g/mol. The highest BCUT2D eigenvalue weighted by Gasteiger charge is 2.13. The lowest BCUT2D eigenvalue weighted by Gasteiger charge is -2.11. The van der Waals surface area contributed by atoms with E-state index in [-0.39, 0.29) is 0 Å². The minimum Gasteiger partial charge on any atom is -0.494 e. The summed E-state index contributed by atoms with van der Waals surface area (Å²) >= 11 is 0. The summed E-state index contributed by atoms with van der Waals surface area (Å²) in [6.07, 6.45) is 8.13. The van der Waals surface area contributed by atoms with Crippen molar-refractivity contribution in [2.75, 3.05) is 26.2 Å². The van der Waals surface area contributed by atoms with Gasteiger partial charge in [-0.25, -0.2) is 0 Å². The molecule has 0 bridgehead atoms. The van der Waals surface area contributed by atoms with Crippen LogP contribution in [0.1, 0.15) is 44.1 Å². The molecular formula is C17H28NO+. The average molecular weight is 262 g/mol. The Hall–Kier alpha value is -1.02. The summed E-state index contributed by atoms with van der Waals surface area (Å²) in [7, 11) is 0. The third-order valence-corrected chi connectivity index (χ3v) is 4.03. The van der Waals surface area contributed by atoms with Gasteiger partial charge < -0.3 is 9.64 Å². The van der Waals surface area contributed by atoms with Crippen LogP contribution in [0.25, 0.3) is 0 Å². The van der Waals surface area contributed by atoms with Gasteiger partial charge in [-0.3, -0.25) is 0 Å². The Morgan fingerprint density at radius 3 is 2.37 bits per heavy atom. The molecule has 1 heterocycles. The predicted molar refractivity (Wildman–Crippen MR) is 79.9 cm³/mol. The van der Waals surface area contributed by atoms with E-state index in [1.165, 1.54) is 63.7 Å². The lowest BCUT2D eigenvalue weighted by Crippen LogP contribution is -3.09. The largest absolute Gasteiger partial charge is 0.494 e. The highest BCUT2D eigenvalue weighted by Crippen LogP contribution is 2.12. The van der Waals surface area contributed by atoms with Crippen LogP contribution in [0.3, 0.4) is 0 Å². The van der Waals surface area contributed by atoms with Crippen LogP contribution in [0.4, 0.5) is 0 Å². The maximum atomic E-state index is 5.74. The smallest absolute Gasteiger partial charge is 0.119 e. The Bertz CT molecular complexity index is 341. The number of benzene rings is 1. The van der Waals surface area contributed by atoms with Crippen molar-refractivity contribution >= 4 is 0 Å². The van der Waals surface area contributed by atoms with E-state index in [9.17, 15) is 0 Å². The molecule has 0 amide bonds. The molecule has 2 rings (SSSR count). The zero-order chi connectivity index (χ0) is 13.3. The van der Waals surface area contributed by atoms with Crippen molar-refractivity contribution in [1.82, 2.24) is 0 Å². The molecule has 0 aliphatic carbocycles. The van der Waals surface area contributed by atoms with E-state index in [0.29, 0.717) is 0 Å². The third-order valence-electron chi connectivity index (χ3n) is 4.03. The van der Waals surface area contributed by atoms with Gasteiger partial charge in [0.2, 0.25) is 0 Å². The summed E-state index contributed by atoms with van der Waals surface area (Å²) in [4.78, 5) is 1.83. The minimum atomic E-state index is 0.861. The fourth-order valence-corrected chi connectivity index (χ4v) is 2.78. The van der Waals surface area contributed by atoms with E-state index in [0.717, 1.165) is 12.4 Å². The van der Waals surface area contributed by atoms with Gasteiger partial charge in [0.25, 0.3) is 0 Å². The van der Waals surface area contributed by atoms with Crippen LogP contribution in [-0.4, -0.2) is 26.2 Å². The van der Waals surface area contributed by atoms with Crippen LogP contribution in [0.2, 0.25) is 0 Å². The van der Waals surface area contributed by atoms with Gasteiger partial charge in [-0.2, -0.15) is 0 Å². The van der Waals surface area contributed by atoms with Gasteiger partial charge in [-0.05, 0) is 44.7 Å². The fraction of sp³-hybridized carbons (Fsp3) is 0.647. The molecule has 19 heavy (non-hydrogen) atoms. The van der Waals surface area contributed by atoms with Gasteiger partial charge in [0, 0.05) is 12.8 Å². The molecular weight excluding hydrogens is 234 g/mol. The standard InChI is InChI=1S/C17H27NO/c1-16-8-10-17(11-9-16)19-15-7-3-2-4-12-18-13-5-6-14-18/h8-11H,2-7,12-15H2,1H3/p+1. The van der Waals surface area contributed by atoms with E-state index < -0.39 is 0 Å². The molecule has 1 aliphatic heterocycles. The Morgan fingerprint density at radius 1 is 0.947 bits per heavy atom. The molecule has 0 radical (unpaired) electrons. The van der Waals surface area contributed by atoms with Crippen molar-refractivity contribution in [2.45, 2.75) is 45.4 Å². The SMILES string of the molecule is Cc1ccc(OCCCCCC[NH+]2CCCC2)cc1. The van der Waals surface area contributed by atoms with Crippen molar-refractivity contribution in [3.05, 3.63) is 29.8 Å². The molecule has 2 nitrogen and oxygen atoms in total. The number of unbranched alkanes of at least 4 members (excludes halogenated alkanes) is 3. The summed E-state index contributed by atoms with van der Waals surface area (Å²) in [6, 6.07) is 8.33. The second-order valence-electron chi connectivity index (χ2n) is 5.78. The van der Waals surface area contributed by atoms with Gasteiger partial charge in [0.05, 0.1) is 26.2 Å². The van der Waals surface area contributed by atoms with Gasteiger partial charge in [0.15, 0.2) is 0 Å². The highest BCUT2D eigenvalue weighted by molar-refractivity contribution is 5.26. The molecule has 2 heteroatoms. The van der Waals surface area contributed by atoms with E-state index in [1.807, 2.05) is 4.90 Å². The second kappa shape index (κ2) is 8.21. The quantitative estimate of drug-likeness (QED) is 0.711. The Balaban J connectivity index is 1.44. The van der Waals surface area contributed by atoms with Crippen molar-refractivity contribution in [2.24, 2.45) is 0 Å². The molecule has 1 aromatic carbocycles. The molecule has 0 atom stereocenters. The third kappa shape index (κ3) is 5.65. The number of nitrogens with one attached hydrogen (secondary N) is 1. The summed E-state index contributed by atoms with van der Waals surface area (Å²) < 4.78 is 5.74. The van der Waals surface area contributed by atoms with Crippen LogP contribution in [-0.2, 0) is 0 Å². The van der Waals surface area contributed by atoms with E-state index in [4.69, 9.17) is 4.74 Å². The summed E-state index contributed by atoms with van der Waals surface area (Å²) in [5, 5.41) is 0. The van der Waals surface area contributed by atoms with E-state index in [1.54, 1.807) is 0 Å². The maximum absolute atomic E-state index is 5.74. The minimum absolute atomic E-state index is 0.861. The van der Waals surface area contributed by atoms with E-state index >= 15 is 0 Å². The number of ether oxygens (including phenoxy) is 1. The maximum Gasteiger partial charge on any atom is 0.119 e. The average Bonchev–Trinajstić information content (AvgIpc) is 2.93. The molecule has 0 unspecified atom stereocenters. The first-order chi connectivity index (χ1) is 9.34. The molecule has 106 valence electrons. The van der Waals surface area contributed by atoms with Gasteiger partial charge >= 0.3 is 0 Å². The molecule has 1 aromatic rings. The molecule has 0 aromatic heterocycles. The molecule has 1 fully saturated rings. The summed E-state index contributed by atoms with van der Waals surface area (Å²) in [5.41, 5.74) is 1.29. The zero-order valence-electron chi connectivity index (χ0n) is 12.3. The number of likely N-dealkylation sites (tertiary alicyclic amines) is 1. The zero-order valence-corrected chi connectivity index (χ0v) is 12.3. The molecule has 1 aliphatic rings. The topological polar surface area (TPSA) is 13.7 Å². The normalized spacial score (nSPS) is 15.8. The Kier molecular flexibility index (Phi) is 6.22. The fourth-order valence-electron chi connectivity index (χ4n) is 2.78. The lowest BCUT2D eigenvalue weighted by atomic mass is 10.2. The summed E-state index contributed by atoms with van der Waals surface area (Å²) in [6.45, 7) is 7.18. The number of aryl methyl sites for hydroxylation is 1. The molecule has 0 spiro atoms. The van der Waals surface area contributed by atoms with Crippen LogP contribution in [0.15, 0.2) is 24.3 Å². The Labute approximate surface area is 117 Å². The number of hydrogen-bond acceptors (Lipinski definition) is 1. The van der Waals surface area contributed by atoms with Crippen LogP contribution < -0.4 is 9.64 Å².